The van der Waals surface area contributed by atoms with Crippen molar-refractivity contribution in [1.82, 2.24) is 5.32 Å². The van der Waals surface area contributed by atoms with E-state index in [0.29, 0.717) is 12.6 Å². The molecule has 0 aliphatic carbocycles. The van der Waals surface area contributed by atoms with Gasteiger partial charge in [-0.25, -0.2) is 8.78 Å². The standard InChI is InChI=1S/C20H30F3NO2/c1-3-4-5-6-7-8-9-10-11-12-13-24-20(25)15-14-16(21)18(23)19(26-2)17(15)22/h14H,3-13H2,1-2H3,(H,24,25). The number of unbranched alkanes of at least 4 members (excludes halogenated alkanes) is 9. The van der Waals surface area contributed by atoms with Crippen molar-refractivity contribution in [3.8, 4) is 5.75 Å². The van der Waals surface area contributed by atoms with Crippen LogP contribution in [0.1, 0.15) is 81.5 Å². The Bertz CT molecular complexity index is 564. The number of amides is 1. The lowest BCUT2D eigenvalue weighted by molar-refractivity contribution is 0.0947. The smallest absolute Gasteiger partial charge is 0.254 e. The molecular weight excluding hydrogens is 343 g/mol. The van der Waals surface area contributed by atoms with Crippen LogP contribution in [0.4, 0.5) is 13.2 Å². The van der Waals surface area contributed by atoms with Crippen molar-refractivity contribution in [2.24, 2.45) is 0 Å². The molecule has 0 aliphatic heterocycles. The molecule has 148 valence electrons. The zero-order valence-electron chi connectivity index (χ0n) is 15.8. The van der Waals surface area contributed by atoms with E-state index in [4.69, 9.17) is 0 Å². The third-order valence-corrected chi connectivity index (χ3v) is 4.38. The molecule has 0 unspecified atom stereocenters. The minimum Gasteiger partial charge on any atom is -0.491 e. The minimum atomic E-state index is -1.43. The van der Waals surface area contributed by atoms with Gasteiger partial charge in [-0.05, 0) is 12.5 Å². The summed E-state index contributed by atoms with van der Waals surface area (Å²) in [5, 5.41) is 2.54. The maximum absolute atomic E-state index is 14.0. The van der Waals surface area contributed by atoms with Gasteiger partial charge in [0, 0.05) is 6.54 Å². The second-order valence-electron chi connectivity index (χ2n) is 6.51. The second kappa shape index (κ2) is 12.6. The van der Waals surface area contributed by atoms with Gasteiger partial charge in [0.05, 0.1) is 12.7 Å². The number of hydrogen-bond donors (Lipinski definition) is 1. The maximum atomic E-state index is 14.0. The van der Waals surface area contributed by atoms with Gasteiger partial charge in [-0.1, -0.05) is 64.7 Å². The van der Waals surface area contributed by atoms with Gasteiger partial charge in [0.1, 0.15) is 0 Å². The largest absolute Gasteiger partial charge is 0.491 e. The highest BCUT2D eigenvalue weighted by molar-refractivity contribution is 5.95. The zero-order chi connectivity index (χ0) is 19.4. The fraction of sp³-hybridized carbons (Fsp3) is 0.650. The number of hydrogen-bond acceptors (Lipinski definition) is 2. The molecule has 0 aliphatic rings. The van der Waals surface area contributed by atoms with Crippen LogP contribution in [0.3, 0.4) is 0 Å². The van der Waals surface area contributed by atoms with Crippen molar-refractivity contribution in [3.63, 3.8) is 0 Å². The van der Waals surface area contributed by atoms with E-state index in [1.54, 1.807) is 0 Å². The summed E-state index contributed by atoms with van der Waals surface area (Å²) in [6.07, 6.45) is 11.7. The van der Waals surface area contributed by atoms with E-state index in [9.17, 15) is 18.0 Å². The number of nitrogens with one attached hydrogen (secondary N) is 1. The van der Waals surface area contributed by atoms with E-state index >= 15 is 0 Å². The number of ether oxygens (including phenoxy) is 1. The van der Waals surface area contributed by atoms with Gasteiger partial charge in [-0.3, -0.25) is 4.79 Å². The fourth-order valence-electron chi connectivity index (χ4n) is 2.83. The van der Waals surface area contributed by atoms with E-state index in [0.717, 1.165) is 26.4 Å². The molecule has 1 N–H and O–H groups in total. The Labute approximate surface area is 154 Å². The predicted octanol–water partition coefficient (Wildman–Crippen LogP) is 5.76. The van der Waals surface area contributed by atoms with Gasteiger partial charge in [0.15, 0.2) is 17.4 Å². The van der Waals surface area contributed by atoms with Crippen molar-refractivity contribution >= 4 is 5.91 Å². The molecule has 0 aromatic heterocycles. The van der Waals surface area contributed by atoms with Crippen LogP contribution in [0.5, 0.6) is 5.75 Å². The highest BCUT2D eigenvalue weighted by Gasteiger charge is 2.23. The van der Waals surface area contributed by atoms with Crippen LogP contribution in [-0.4, -0.2) is 19.6 Å². The predicted molar refractivity (Wildman–Crippen MR) is 97.0 cm³/mol. The zero-order valence-corrected chi connectivity index (χ0v) is 15.8. The summed E-state index contributed by atoms with van der Waals surface area (Å²) in [7, 11) is 1.02. The van der Waals surface area contributed by atoms with Gasteiger partial charge in [0.25, 0.3) is 5.91 Å². The number of rotatable bonds is 13. The van der Waals surface area contributed by atoms with Crippen molar-refractivity contribution < 1.29 is 22.7 Å². The molecule has 1 aromatic rings. The summed E-state index contributed by atoms with van der Waals surface area (Å²) in [6, 6.07) is 0.557. The molecule has 1 amide bonds. The molecule has 0 spiro atoms. The molecule has 3 nitrogen and oxygen atoms in total. The van der Waals surface area contributed by atoms with E-state index in [2.05, 4.69) is 17.0 Å². The summed E-state index contributed by atoms with van der Waals surface area (Å²) in [5.74, 6) is -5.58. The van der Waals surface area contributed by atoms with Crippen LogP contribution >= 0.6 is 0 Å². The lowest BCUT2D eigenvalue weighted by atomic mass is 10.1. The molecule has 0 radical (unpaired) electrons. The van der Waals surface area contributed by atoms with E-state index < -0.39 is 34.7 Å². The summed E-state index contributed by atoms with van der Waals surface area (Å²) < 4.78 is 45.3. The van der Waals surface area contributed by atoms with Gasteiger partial charge < -0.3 is 10.1 Å². The summed E-state index contributed by atoms with van der Waals surface area (Å²) >= 11 is 0. The molecule has 0 saturated carbocycles. The molecule has 0 bridgehead atoms. The Morgan fingerprint density at radius 3 is 2.00 bits per heavy atom. The first-order valence-corrected chi connectivity index (χ1v) is 9.52. The van der Waals surface area contributed by atoms with E-state index in [1.165, 1.54) is 44.9 Å². The van der Waals surface area contributed by atoms with Crippen molar-refractivity contribution in [1.29, 1.82) is 0 Å². The highest BCUT2D eigenvalue weighted by Crippen LogP contribution is 2.26. The van der Waals surface area contributed by atoms with Gasteiger partial charge in [0.2, 0.25) is 5.82 Å². The fourth-order valence-corrected chi connectivity index (χ4v) is 2.83. The van der Waals surface area contributed by atoms with Crippen LogP contribution in [-0.2, 0) is 0 Å². The van der Waals surface area contributed by atoms with Gasteiger partial charge in [-0.2, -0.15) is 4.39 Å². The second-order valence-corrected chi connectivity index (χ2v) is 6.51. The maximum Gasteiger partial charge on any atom is 0.254 e. The van der Waals surface area contributed by atoms with E-state index in [1.807, 2.05) is 0 Å². The van der Waals surface area contributed by atoms with Crippen molar-refractivity contribution in [3.05, 3.63) is 29.1 Å². The minimum absolute atomic E-state index is 0.371. The van der Waals surface area contributed by atoms with Crippen LogP contribution < -0.4 is 10.1 Å². The quantitative estimate of drug-likeness (QED) is 0.352. The number of carbonyl (C=O) groups excluding carboxylic acids is 1. The number of benzene rings is 1. The third-order valence-electron chi connectivity index (χ3n) is 4.38. The van der Waals surface area contributed by atoms with Crippen LogP contribution in [0.2, 0.25) is 0 Å². The van der Waals surface area contributed by atoms with Gasteiger partial charge in [-0.15, -0.1) is 0 Å². The number of carbonyl (C=O) groups is 1. The molecule has 6 heteroatoms. The first-order valence-electron chi connectivity index (χ1n) is 9.52. The Morgan fingerprint density at radius 1 is 0.923 bits per heavy atom. The number of methoxy groups -OCH3 is 1. The van der Waals surface area contributed by atoms with E-state index in [-0.39, 0.29) is 0 Å². The topological polar surface area (TPSA) is 38.3 Å². The van der Waals surface area contributed by atoms with Gasteiger partial charge >= 0.3 is 0 Å². The Kier molecular flexibility index (Phi) is 10.8. The Balaban J connectivity index is 2.24. The highest BCUT2D eigenvalue weighted by atomic mass is 19.2. The molecule has 1 rings (SSSR count). The average Bonchev–Trinajstić information content (AvgIpc) is 2.63. The summed E-state index contributed by atoms with van der Waals surface area (Å²) in [4.78, 5) is 12.0. The number of halogens is 3. The Hall–Kier alpha value is -1.72. The normalized spacial score (nSPS) is 10.8. The lowest BCUT2D eigenvalue weighted by Gasteiger charge is -2.10. The van der Waals surface area contributed by atoms with Crippen molar-refractivity contribution in [2.75, 3.05) is 13.7 Å². The lowest BCUT2D eigenvalue weighted by Crippen LogP contribution is -2.26. The van der Waals surface area contributed by atoms with Crippen LogP contribution in [0.15, 0.2) is 6.07 Å². The molecule has 26 heavy (non-hydrogen) atoms. The van der Waals surface area contributed by atoms with Crippen molar-refractivity contribution in [2.45, 2.75) is 71.1 Å². The summed E-state index contributed by atoms with van der Waals surface area (Å²) in [6.45, 7) is 2.58. The van der Waals surface area contributed by atoms with Crippen LogP contribution in [0, 0.1) is 17.5 Å². The molecular formula is C20H30F3NO2. The first kappa shape index (κ1) is 22.3. The molecule has 0 fully saturated rings. The summed E-state index contributed by atoms with van der Waals surface area (Å²) in [5.41, 5.74) is -0.548. The average molecular weight is 373 g/mol. The molecule has 0 atom stereocenters. The molecule has 0 saturated heterocycles. The molecule has 1 aromatic carbocycles. The Morgan fingerprint density at radius 2 is 1.46 bits per heavy atom. The third kappa shape index (κ3) is 7.26. The first-order chi connectivity index (χ1) is 12.5. The van der Waals surface area contributed by atoms with Crippen LogP contribution in [0.25, 0.3) is 0 Å². The monoisotopic (exact) mass is 373 g/mol. The SMILES string of the molecule is CCCCCCCCCCCCNC(=O)c1cc(F)c(F)c(OC)c1F. The molecule has 0 heterocycles.